The summed E-state index contributed by atoms with van der Waals surface area (Å²) < 4.78 is 0. The third-order valence-electron chi connectivity index (χ3n) is 3.02. The van der Waals surface area contributed by atoms with E-state index < -0.39 is 0 Å². The highest BCUT2D eigenvalue weighted by molar-refractivity contribution is 5.96. The highest BCUT2D eigenvalue weighted by Crippen LogP contribution is 2.23. The van der Waals surface area contributed by atoms with Crippen LogP contribution >= 0.6 is 0 Å². The van der Waals surface area contributed by atoms with Crippen LogP contribution in [0, 0.1) is 0 Å². The first-order valence-electron chi connectivity index (χ1n) is 6.09. The Morgan fingerprint density at radius 1 is 1.21 bits per heavy atom. The molecule has 0 saturated carbocycles. The average molecular weight is 254 g/mol. The molecule has 2 aromatic carbocycles. The third-order valence-corrected chi connectivity index (χ3v) is 3.02. The molecule has 2 aromatic rings. The second-order valence-corrected chi connectivity index (χ2v) is 4.49. The number of hydrogen-bond donors (Lipinski definition) is 2. The summed E-state index contributed by atoms with van der Waals surface area (Å²) in [4.78, 5) is 11.7. The Bertz CT molecular complexity index is 660. The number of anilines is 1. The summed E-state index contributed by atoms with van der Waals surface area (Å²) >= 11 is 0. The molecule has 1 heterocycles. The first kappa shape index (κ1) is 11.5. The molecule has 0 saturated heterocycles. The van der Waals surface area contributed by atoms with Gasteiger partial charge in [-0.25, -0.2) is 15.2 Å². The molecule has 0 radical (unpaired) electrons. The van der Waals surface area contributed by atoms with E-state index in [1.165, 1.54) is 5.01 Å². The van der Waals surface area contributed by atoms with Gasteiger partial charge in [-0.05, 0) is 18.4 Å². The molecular formula is C14H14N4O. The summed E-state index contributed by atoms with van der Waals surface area (Å²) in [5.41, 5.74) is 7.37. The van der Waals surface area contributed by atoms with Crippen molar-refractivity contribution >= 4 is 28.2 Å². The molecule has 0 atom stereocenters. The minimum absolute atomic E-state index is 0.251. The van der Waals surface area contributed by atoms with E-state index in [9.17, 15) is 4.79 Å². The molecule has 1 aliphatic rings. The number of nitrogens with zero attached hydrogens (tertiary/aromatic N) is 2. The molecule has 0 aromatic heterocycles. The molecule has 0 spiro atoms. The summed E-state index contributed by atoms with van der Waals surface area (Å²) in [6, 6.07) is 13.8. The van der Waals surface area contributed by atoms with Crippen LogP contribution < -0.4 is 10.9 Å². The molecule has 1 aliphatic heterocycles. The largest absolute Gasteiger partial charge is 0.356 e. The van der Waals surface area contributed by atoms with Crippen LogP contribution in [0.2, 0.25) is 0 Å². The van der Waals surface area contributed by atoms with E-state index in [1.807, 2.05) is 49.4 Å². The van der Waals surface area contributed by atoms with Crippen LogP contribution in [0.4, 0.5) is 10.5 Å². The van der Waals surface area contributed by atoms with Gasteiger partial charge < -0.3 is 0 Å². The zero-order chi connectivity index (χ0) is 13.2. The topological polar surface area (TPSA) is 56.7 Å². The summed E-state index contributed by atoms with van der Waals surface area (Å²) in [7, 11) is 0. The summed E-state index contributed by atoms with van der Waals surface area (Å²) in [6.45, 7) is 2.34. The maximum atomic E-state index is 11.7. The van der Waals surface area contributed by atoms with Gasteiger partial charge in [0.05, 0.1) is 17.9 Å². The van der Waals surface area contributed by atoms with E-state index in [1.54, 1.807) is 0 Å². The van der Waals surface area contributed by atoms with Gasteiger partial charge in [-0.1, -0.05) is 36.4 Å². The molecule has 96 valence electrons. The van der Waals surface area contributed by atoms with E-state index in [-0.39, 0.29) is 6.03 Å². The van der Waals surface area contributed by atoms with Crippen molar-refractivity contribution in [3.63, 3.8) is 0 Å². The van der Waals surface area contributed by atoms with Crippen LogP contribution in [-0.4, -0.2) is 23.3 Å². The van der Waals surface area contributed by atoms with Gasteiger partial charge in [-0.2, -0.15) is 5.10 Å². The monoisotopic (exact) mass is 254 g/mol. The average Bonchev–Trinajstić information content (AvgIpc) is 2.43. The molecule has 5 nitrogen and oxygen atoms in total. The highest BCUT2D eigenvalue weighted by Gasteiger charge is 2.18. The summed E-state index contributed by atoms with van der Waals surface area (Å²) in [5, 5.41) is 7.63. The number of carbonyl (C=O) groups is 1. The molecule has 3 rings (SSSR count). The number of rotatable bonds is 2. The predicted molar refractivity (Wildman–Crippen MR) is 75.9 cm³/mol. The molecule has 5 heteroatoms. The van der Waals surface area contributed by atoms with Gasteiger partial charge in [0, 0.05) is 5.39 Å². The van der Waals surface area contributed by atoms with Crippen molar-refractivity contribution in [1.29, 1.82) is 0 Å². The number of benzene rings is 2. The molecule has 0 bridgehead atoms. The van der Waals surface area contributed by atoms with E-state index in [2.05, 4.69) is 16.0 Å². The van der Waals surface area contributed by atoms with Crippen molar-refractivity contribution in [1.82, 2.24) is 10.4 Å². The van der Waals surface area contributed by atoms with Crippen LogP contribution in [-0.2, 0) is 0 Å². The van der Waals surface area contributed by atoms with Gasteiger partial charge in [0.2, 0.25) is 0 Å². The van der Waals surface area contributed by atoms with E-state index in [4.69, 9.17) is 0 Å². The van der Waals surface area contributed by atoms with Gasteiger partial charge in [0.1, 0.15) is 0 Å². The van der Waals surface area contributed by atoms with Crippen LogP contribution in [0.15, 0.2) is 47.6 Å². The van der Waals surface area contributed by atoms with Crippen molar-refractivity contribution in [2.75, 3.05) is 12.0 Å². The maximum absolute atomic E-state index is 11.7. The molecular weight excluding hydrogens is 240 g/mol. The minimum atomic E-state index is -0.251. The number of nitrogens with one attached hydrogen (secondary N) is 2. The summed E-state index contributed by atoms with van der Waals surface area (Å²) in [5.74, 6) is 0. The molecule has 0 fully saturated rings. The Morgan fingerprint density at radius 3 is 2.89 bits per heavy atom. The van der Waals surface area contributed by atoms with Gasteiger partial charge >= 0.3 is 6.03 Å². The number of urea groups is 1. The lowest BCUT2D eigenvalue weighted by Gasteiger charge is -2.27. The van der Waals surface area contributed by atoms with Crippen molar-refractivity contribution in [3.05, 3.63) is 42.5 Å². The third kappa shape index (κ3) is 2.22. The minimum Gasteiger partial charge on any atom is -0.294 e. The molecule has 2 N–H and O–H groups in total. The fourth-order valence-corrected chi connectivity index (χ4v) is 2.10. The molecule has 0 aliphatic carbocycles. The Morgan fingerprint density at radius 2 is 2.00 bits per heavy atom. The van der Waals surface area contributed by atoms with Crippen molar-refractivity contribution in [2.24, 2.45) is 5.10 Å². The van der Waals surface area contributed by atoms with Crippen molar-refractivity contribution < 1.29 is 4.79 Å². The highest BCUT2D eigenvalue weighted by atomic mass is 16.2. The van der Waals surface area contributed by atoms with Crippen LogP contribution in [0.1, 0.15) is 6.92 Å². The maximum Gasteiger partial charge on any atom is 0.356 e. The van der Waals surface area contributed by atoms with Crippen molar-refractivity contribution in [2.45, 2.75) is 6.92 Å². The van der Waals surface area contributed by atoms with E-state index in [0.717, 1.165) is 22.2 Å². The standard InChI is InChI=1S/C14H14N4O/c1-10-9-18(14(19)16-15-10)17-13-8-4-6-11-5-2-3-7-12(11)13/h2-8,17H,9H2,1H3,(H,16,19). The smallest absolute Gasteiger partial charge is 0.294 e. The number of hydrazine groups is 1. The quantitative estimate of drug-likeness (QED) is 0.865. The fraction of sp³-hybridized carbons (Fsp3) is 0.143. The van der Waals surface area contributed by atoms with Crippen LogP contribution in [0.3, 0.4) is 0 Å². The lowest BCUT2D eigenvalue weighted by molar-refractivity contribution is 0.211. The lowest BCUT2D eigenvalue weighted by Crippen LogP contribution is -2.48. The first-order valence-corrected chi connectivity index (χ1v) is 6.09. The van der Waals surface area contributed by atoms with Crippen LogP contribution in [0.5, 0.6) is 0 Å². The number of carbonyl (C=O) groups excluding carboxylic acids is 1. The Hall–Kier alpha value is -2.56. The normalized spacial score (nSPS) is 15.1. The molecule has 19 heavy (non-hydrogen) atoms. The van der Waals surface area contributed by atoms with E-state index in [0.29, 0.717) is 6.54 Å². The van der Waals surface area contributed by atoms with Gasteiger partial charge in [-0.15, -0.1) is 0 Å². The van der Waals surface area contributed by atoms with Crippen molar-refractivity contribution in [3.8, 4) is 0 Å². The Balaban J connectivity index is 1.93. The Labute approximate surface area is 110 Å². The molecule has 0 unspecified atom stereocenters. The van der Waals surface area contributed by atoms with Gasteiger partial charge in [-0.3, -0.25) is 5.43 Å². The number of fused-ring (bicyclic) bond motifs is 1. The van der Waals surface area contributed by atoms with E-state index >= 15 is 0 Å². The van der Waals surface area contributed by atoms with Gasteiger partial charge in [0.15, 0.2) is 0 Å². The SMILES string of the molecule is CC1=NNC(=O)N(Nc2cccc3ccccc23)C1. The lowest BCUT2D eigenvalue weighted by atomic mass is 10.1. The number of hydrogen-bond acceptors (Lipinski definition) is 3. The number of amides is 2. The van der Waals surface area contributed by atoms with Gasteiger partial charge in [0.25, 0.3) is 0 Å². The zero-order valence-corrected chi connectivity index (χ0v) is 10.6. The summed E-state index contributed by atoms with van der Waals surface area (Å²) in [6.07, 6.45) is 0. The number of hydrazone groups is 1. The Kier molecular flexibility index (Phi) is 2.79. The van der Waals surface area contributed by atoms with Crippen LogP contribution in [0.25, 0.3) is 10.8 Å². The second-order valence-electron chi connectivity index (χ2n) is 4.49. The predicted octanol–water partition coefficient (Wildman–Crippen LogP) is 2.57. The first-order chi connectivity index (χ1) is 9.24. The zero-order valence-electron chi connectivity index (χ0n) is 10.6. The fourth-order valence-electron chi connectivity index (χ4n) is 2.10. The second kappa shape index (κ2) is 4.61. The molecule has 2 amide bonds.